The number of nitrogens with one attached hydrogen (secondary N) is 2. The highest BCUT2D eigenvalue weighted by Crippen LogP contribution is 2.20. The van der Waals surface area contributed by atoms with Gasteiger partial charge >= 0.3 is 6.03 Å². The third-order valence-electron chi connectivity index (χ3n) is 4.08. The van der Waals surface area contributed by atoms with E-state index in [4.69, 9.17) is 5.73 Å². The Morgan fingerprint density at radius 3 is 2.16 bits per heavy atom. The summed E-state index contributed by atoms with van der Waals surface area (Å²) < 4.78 is 0. The number of rotatable bonds is 2. The normalized spacial score (nSPS) is 23.1. The molecule has 0 aromatic heterocycles. The van der Waals surface area contributed by atoms with E-state index >= 15 is 0 Å². The molecule has 2 amide bonds. The van der Waals surface area contributed by atoms with Gasteiger partial charge in [0.1, 0.15) is 0 Å². The minimum atomic E-state index is -0.205. The SMILES string of the molecule is NC(=NC1CCCCC1)NC(=O)NC1CCCCC1. The summed E-state index contributed by atoms with van der Waals surface area (Å²) in [6.07, 6.45) is 11.8. The fourth-order valence-corrected chi connectivity index (χ4v) is 3.02. The summed E-state index contributed by atoms with van der Waals surface area (Å²) in [5.41, 5.74) is 5.79. The van der Waals surface area contributed by atoms with Gasteiger partial charge in [-0.05, 0) is 25.7 Å². The Labute approximate surface area is 115 Å². The largest absolute Gasteiger partial charge is 0.370 e. The monoisotopic (exact) mass is 266 g/mol. The van der Waals surface area contributed by atoms with E-state index < -0.39 is 0 Å². The van der Waals surface area contributed by atoms with E-state index in [1.807, 2.05) is 0 Å². The molecule has 2 aliphatic carbocycles. The van der Waals surface area contributed by atoms with E-state index in [9.17, 15) is 4.79 Å². The number of hydrogen-bond acceptors (Lipinski definition) is 2. The summed E-state index contributed by atoms with van der Waals surface area (Å²) in [4.78, 5) is 16.2. The predicted molar refractivity (Wildman–Crippen MR) is 77.0 cm³/mol. The Morgan fingerprint density at radius 1 is 0.947 bits per heavy atom. The zero-order valence-electron chi connectivity index (χ0n) is 11.7. The average molecular weight is 266 g/mol. The molecule has 19 heavy (non-hydrogen) atoms. The number of guanidine groups is 1. The first-order valence-electron chi connectivity index (χ1n) is 7.65. The molecule has 5 heteroatoms. The Balaban J connectivity index is 1.72. The van der Waals surface area contributed by atoms with Crippen molar-refractivity contribution in [2.24, 2.45) is 10.7 Å². The van der Waals surface area contributed by atoms with Crippen LogP contribution in [0.2, 0.25) is 0 Å². The number of nitrogens with zero attached hydrogens (tertiary/aromatic N) is 1. The van der Waals surface area contributed by atoms with Crippen LogP contribution in [0, 0.1) is 0 Å². The van der Waals surface area contributed by atoms with Gasteiger partial charge in [0.2, 0.25) is 0 Å². The summed E-state index contributed by atoms with van der Waals surface area (Å²) >= 11 is 0. The first kappa shape index (κ1) is 14.2. The number of hydrogen-bond donors (Lipinski definition) is 3. The maximum absolute atomic E-state index is 11.8. The Bertz CT molecular complexity index is 317. The number of amides is 2. The molecule has 2 rings (SSSR count). The molecule has 0 unspecified atom stereocenters. The van der Waals surface area contributed by atoms with Crippen molar-refractivity contribution < 1.29 is 4.79 Å². The number of carbonyl (C=O) groups is 1. The lowest BCUT2D eigenvalue weighted by molar-refractivity contribution is 0.237. The highest BCUT2D eigenvalue weighted by molar-refractivity contribution is 5.95. The topological polar surface area (TPSA) is 79.5 Å². The standard InChI is InChI=1S/C14H26N4O/c15-13(16-11-7-3-1-4-8-11)18-14(19)17-12-9-5-2-6-10-12/h11-12H,1-10H2,(H4,15,16,17,18,19). The van der Waals surface area contributed by atoms with Crippen LogP contribution in [0.25, 0.3) is 0 Å². The van der Waals surface area contributed by atoms with Gasteiger partial charge in [-0.2, -0.15) is 0 Å². The van der Waals surface area contributed by atoms with Gasteiger partial charge in [0, 0.05) is 6.04 Å². The van der Waals surface area contributed by atoms with E-state index in [-0.39, 0.29) is 12.0 Å². The van der Waals surface area contributed by atoms with Gasteiger partial charge in [0.25, 0.3) is 0 Å². The maximum atomic E-state index is 11.8. The molecule has 0 atom stereocenters. The minimum absolute atomic E-state index is 0.205. The Kier molecular flexibility index (Phi) is 5.48. The molecule has 0 saturated heterocycles. The van der Waals surface area contributed by atoms with Gasteiger partial charge < -0.3 is 11.1 Å². The molecule has 2 fully saturated rings. The molecule has 0 aromatic rings. The molecule has 0 heterocycles. The highest BCUT2D eigenvalue weighted by atomic mass is 16.2. The fourth-order valence-electron chi connectivity index (χ4n) is 3.02. The smallest absolute Gasteiger partial charge is 0.321 e. The zero-order chi connectivity index (χ0) is 13.5. The molecular weight excluding hydrogens is 240 g/mol. The zero-order valence-corrected chi connectivity index (χ0v) is 11.7. The van der Waals surface area contributed by atoms with Gasteiger partial charge in [-0.15, -0.1) is 0 Å². The van der Waals surface area contributed by atoms with Gasteiger partial charge in [-0.1, -0.05) is 38.5 Å². The van der Waals surface area contributed by atoms with E-state index in [0.29, 0.717) is 12.1 Å². The summed E-state index contributed by atoms with van der Waals surface area (Å²) in [6.45, 7) is 0. The number of aliphatic imine (C=N–C) groups is 1. The molecule has 5 nitrogen and oxygen atoms in total. The van der Waals surface area contributed by atoms with Crippen molar-refractivity contribution in [2.75, 3.05) is 0 Å². The van der Waals surface area contributed by atoms with Crippen molar-refractivity contribution in [2.45, 2.75) is 76.3 Å². The first-order valence-corrected chi connectivity index (χ1v) is 7.65. The van der Waals surface area contributed by atoms with E-state index in [0.717, 1.165) is 25.7 Å². The second-order valence-corrected chi connectivity index (χ2v) is 5.74. The van der Waals surface area contributed by atoms with Crippen LogP contribution in [0.3, 0.4) is 0 Å². The van der Waals surface area contributed by atoms with E-state index in [2.05, 4.69) is 15.6 Å². The first-order chi connectivity index (χ1) is 9.24. The van der Waals surface area contributed by atoms with Crippen molar-refractivity contribution in [3.8, 4) is 0 Å². The van der Waals surface area contributed by atoms with Crippen molar-refractivity contribution in [1.82, 2.24) is 10.6 Å². The molecule has 0 spiro atoms. The van der Waals surface area contributed by atoms with Crippen LogP contribution in [0.4, 0.5) is 4.79 Å². The molecule has 0 aliphatic heterocycles. The number of nitrogens with two attached hydrogens (primary N) is 1. The maximum Gasteiger partial charge on any atom is 0.321 e. The van der Waals surface area contributed by atoms with Crippen LogP contribution < -0.4 is 16.4 Å². The van der Waals surface area contributed by atoms with Gasteiger partial charge in [0.15, 0.2) is 5.96 Å². The third-order valence-corrected chi connectivity index (χ3v) is 4.08. The molecular formula is C14H26N4O. The third kappa shape index (κ3) is 5.09. The summed E-state index contributed by atoms with van der Waals surface area (Å²) in [5, 5.41) is 5.63. The second kappa shape index (κ2) is 7.36. The fraction of sp³-hybridized carbons (Fsp3) is 0.857. The lowest BCUT2D eigenvalue weighted by Crippen LogP contribution is -2.48. The van der Waals surface area contributed by atoms with Crippen molar-refractivity contribution in [3.63, 3.8) is 0 Å². The molecule has 2 saturated carbocycles. The van der Waals surface area contributed by atoms with Crippen LogP contribution >= 0.6 is 0 Å². The Hall–Kier alpha value is -1.26. The van der Waals surface area contributed by atoms with Crippen LogP contribution in [-0.4, -0.2) is 24.1 Å². The Morgan fingerprint density at radius 2 is 1.53 bits per heavy atom. The average Bonchev–Trinajstić information content (AvgIpc) is 2.40. The lowest BCUT2D eigenvalue weighted by Gasteiger charge is -2.23. The number of urea groups is 1. The van der Waals surface area contributed by atoms with Gasteiger partial charge in [-0.3, -0.25) is 5.32 Å². The van der Waals surface area contributed by atoms with Crippen molar-refractivity contribution in [3.05, 3.63) is 0 Å². The molecule has 0 bridgehead atoms. The van der Waals surface area contributed by atoms with Crippen molar-refractivity contribution >= 4 is 12.0 Å². The number of carbonyl (C=O) groups excluding carboxylic acids is 1. The van der Waals surface area contributed by atoms with Crippen molar-refractivity contribution in [1.29, 1.82) is 0 Å². The molecule has 0 aromatic carbocycles. The molecule has 4 N–H and O–H groups in total. The van der Waals surface area contributed by atoms with E-state index in [1.54, 1.807) is 0 Å². The summed E-state index contributed by atoms with van der Waals surface area (Å²) in [7, 11) is 0. The lowest BCUT2D eigenvalue weighted by atomic mass is 9.96. The van der Waals surface area contributed by atoms with Crippen LogP contribution in [0.5, 0.6) is 0 Å². The van der Waals surface area contributed by atoms with Crippen LogP contribution in [0.15, 0.2) is 4.99 Å². The van der Waals surface area contributed by atoms with Gasteiger partial charge in [-0.25, -0.2) is 9.79 Å². The van der Waals surface area contributed by atoms with Crippen LogP contribution in [0.1, 0.15) is 64.2 Å². The molecule has 2 aliphatic rings. The quantitative estimate of drug-likeness (QED) is 0.529. The molecule has 0 radical (unpaired) electrons. The summed E-state index contributed by atoms with van der Waals surface area (Å²) in [6, 6.07) is 0.393. The highest BCUT2D eigenvalue weighted by Gasteiger charge is 2.17. The van der Waals surface area contributed by atoms with E-state index in [1.165, 1.54) is 38.5 Å². The minimum Gasteiger partial charge on any atom is -0.370 e. The van der Waals surface area contributed by atoms with Gasteiger partial charge in [0.05, 0.1) is 6.04 Å². The predicted octanol–water partition coefficient (Wildman–Crippen LogP) is 2.27. The summed E-state index contributed by atoms with van der Waals surface area (Å²) in [5.74, 6) is 0.264. The van der Waals surface area contributed by atoms with Crippen LogP contribution in [-0.2, 0) is 0 Å². The second-order valence-electron chi connectivity index (χ2n) is 5.74. The molecule has 108 valence electrons.